The van der Waals surface area contributed by atoms with Gasteiger partial charge in [0.1, 0.15) is 0 Å². The van der Waals surface area contributed by atoms with E-state index >= 15 is 0 Å². The molecule has 1 aliphatic carbocycles. The average molecular weight is 355 g/mol. The van der Waals surface area contributed by atoms with Crippen molar-refractivity contribution in [2.75, 3.05) is 0 Å². The zero-order valence-corrected chi connectivity index (χ0v) is 12.6. The van der Waals surface area contributed by atoms with Gasteiger partial charge in [0, 0.05) is 10.5 Å². The third-order valence-corrected chi connectivity index (χ3v) is 5.71. The molecule has 0 spiro atoms. The smallest absolute Gasteiger partial charge is 0.240 e. The number of halogens is 2. The fourth-order valence-corrected chi connectivity index (χ4v) is 3.81. The van der Waals surface area contributed by atoms with Crippen molar-refractivity contribution in [3.63, 3.8) is 0 Å². The molecule has 0 aliphatic heterocycles. The lowest BCUT2D eigenvalue weighted by atomic mass is 10.2. The first-order valence-corrected chi connectivity index (χ1v) is 8.21. The molecule has 0 amide bonds. The Morgan fingerprint density at radius 1 is 1.39 bits per heavy atom. The molecule has 0 unspecified atom stereocenters. The molecule has 0 saturated heterocycles. The van der Waals surface area contributed by atoms with Crippen molar-refractivity contribution in [1.82, 2.24) is 4.72 Å². The molecule has 1 fully saturated rings. The molecular formula is C11H13BrClNO3S. The van der Waals surface area contributed by atoms with Crippen molar-refractivity contribution in [3.05, 3.63) is 27.7 Å². The first kappa shape index (κ1) is 14.3. The van der Waals surface area contributed by atoms with Gasteiger partial charge in [0.15, 0.2) is 0 Å². The Balaban J connectivity index is 2.22. The van der Waals surface area contributed by atoms with Gasteiger partial charge in [-0.3, -0.25) is 0 Å². The van der Waals surface area contributed by atoms with Gasteiger partial charge < -0.3 is 5.11 Å². The molecule has 0 radical (unpaired) electrons. The molecule has 0 bridgehead atoms. The van der Waals surface area contributed by atoms with Crippen LogP contribution in [0, 0.1) is 0 Å². The Bertz CT molecular complexity index is 549. The van der Waals surface area contributed by atoms with E-state index in [2.05, 4.69) is 20.7 Å². The van der Waals surface area contributed by atoms with Crippen molar-refractivity contribution >= 4 is 37.6 Å². The highest BCUT2D eigenvalue weighted by atomic mass is 79.9. The fourth-order valence-electron chi connectivity index (χ4n) is 1.99. The van der Waals surface area contributed by atoms with Crippen LogP contribution in [-0.2, 0) is 10.0 Å². The summed E-state index contributed by atoms with van der Waals surface area (Å²) in [5, 5.41) is 9.98. The summed E-state index contributed by atoms with van der Waals surface area (Å²) in [6.45, 7) is 0. The van der Waals surface area contributed by atoms with Gasteiger partial charge in [-0.2, -0.15) is 0 Å². The Morgan fingerprint density at radius 2 is 2.11 bits per heavy atom. The summed E-state index contributed by atoms with van der Waals surface area (Å²) in [6.07, 6.45) is 1.51. The van der Waals surface area contributed by atoms with Gasteiger partial charge in [-0.05, 0) is 53.4 Å². The maximum atomic E-state index is 12.1. The second-order valence-corrected chi connectivity index (χ2v) is 7.28. The van der Waals surface area contributed by atoms with E-state index in [4.69, 9.17) is 11.6 Å². The quantitative estimate of drug-likeness (QED) is 0.875. The minimum absolute atomic E-state index is 0.106. The Kier molecular flexibility index (Phi) is 4.33. The number of sulfonamides is 1. The second-order valence-electron chi connectivity index (χ2n) is 4.30. The highest BCUT2D eigenvalue weighted by molar-refractivity contribution is 9.10. The SMILES string of the molecule is O=S(=O)(N[C@H]1CCC[C@H]1O)c1ccc(Br)c(Cl)c1. The summed E-state index contributed by atoms with van der Waals surface area (Å²) < 4.78 is 27.4. The Labute approximate surface area is 120 Å². The fraction of sp³-hybridized carbons (Fsp3) is 0.455. The largest absolute Gasteiger partial charge is 0.391 e. The van der Waals surface area contributed by atoms with Crippen molar-refractivity contribution in [2.24, 2.45) is 0 Å². The van der Waals surface area contributed by atoms with Crippen molar-refractivity contribution in [3.8, 4) is 0 Å². The summed E-state index contributed by atoms with van der Waals surface area (Å²) in [6, 6.07) is 4.04. The van der Waals surface area contributed by atoms with E-state index in [1.165, 1.54) is 12.1 Å². The van der Waals surface area contributed by atoms with Gasteiger partial charge in [-0.15, -0.1) is 0 Å². The van der Waals surface area contributed by atoms with Gasteiger partial charge in [0.2, 0.25) is 10.0 Å². The summed E-state index contributed by atoms with van der Waals surface area (Å²) in [5.74, 6) is 0. The van der Waals surface area contributed by atoms with Crippen LogP contribution in [0.3, 0.4) is 0 Å². The molecule has 18 heavy (non-hydrogen) atoms. The minimum Gasteiger partial charge on any atom is -0.391 e. The predicted octanol–water partition coefficient (Wildman–Crippen LogP) is 2.29. The Hall–Kier alpha value is -0.140. The molecule has 1 aromatic rings. The van der Waals surface area contributed by atoms with Crippen molar-refractivity contribution in [2.45, 2.75) is 36.3 Å². The number of hydrogen-bond donors (Lipinski definition) is 2. The van der Waals surface area contributed by atoms with Gasteiger partial charge in [-0.25, -0.2) is 13.1 Å². The van der Waals surface area contributed by atoms with Crippen LogP contribution in [0.2, 0.25) is 5.02 Å². The third-order valence-electron chi connectivity index (χ3n) is 2.99. The molecule has 2 N–H and O–H groups in total. The van der Waals surface area contributed by atoms with Gasteiger partial charge in [-0.1, -0.05) is 11.6 Å². The minimum atomic E-state index is -3.63. The number of aliphatic hydroxyl groups is 1. The lowest BCUT2D eigenvalue weighted by molar-refractivity contribution is 0.159. The average Bonchev–Trinajstić information content (AvgIpc) is 2.67. The van der Waals surface area contributed by atoms with Gasteiger partial charge in [0.05, 0.1) is 16.0 Å². The van der Waals surface area contributed by atoms with Crippen LogP contribution in [0.25, 0.3) is 0 Å². The van der Waals surface area contributed by atoms with Crippen molar-refractivity contribution < 1.29 is 13.5 Å². The molecule has 4 nitrogen and oxygen atoms in total. The molecule has 2 rings (SSSR count). The number of aliphatic hydroxyl groups excluding tert-OH is 1. The molecule has 0 aromatic heterocycles. The third kappa shape index (κ3) is 3.05. The highest BCUT2D eigenvalue weighted by Crippen LogP contribution is 2.26. The van der Waals surface area contributed by atoms with Crippen LogP contribution >= 0.6 is 27.5 Å². The lowest BCUT2D eigenvalue weighted by Crippen LogP contribution is -2.39. The first-order valence-electron chi connectivity index (χ1n) is 5.55. The van der Waals surface area contributed by atoms with Crippen molar-refractivity contribution in [1.29, 1.82) is 0 Å². The Morgan fingerprint density at radius 3 is 2.67 bits per heavy atom. The molecule has 7 heteroatoms. The van der Waals surface area contributed by atoms with E-state index in [9.17, 15) is 13.5 Å². The van der Waals surface area contributed by atoms with Crippen LogP contribution in [0.4, 0.5) is 0 Å². The molecule has 1 aliphatic rings. The zero-order chi connectivity index (χ0) is 13.3. The topological polar surface area (TPSA) is 66.4 Å². The standard InChI is InChI=1S/C11H13BrClNO3S/c12-8-5-4-7(6-9(8)13)18(16,17)14-10-2-1-3-11(10)15/h4-6,10-11,14-15H,1-3H2/t10-,11+/m0/s1. The molecule has 100 valence electrons. The number of hydrogen-bond acceptors (Lipinski definition) is 3. The van der Waals surface area contributed by atoms with E-state index in [1.54, 1.807) is 6.07 Å². The number of rotatable bonds is 3. The van der Waals surface area contributed by atoms with Crippen LogP contribution in [0.1, 0.15) is 19.3 Å². The molecule has 0 heterocycles. The van der Waals surface area contributed by atoms with E-state index in [0.29, 0.717) is 22.3 Å². The van der Waals surface area contributed by atoms with Crippen LogP contribution < -0.4 is 4.72 Å². The molecular weight excluding hydrogens is 342 g/mol. The molecule has 2 atom stereocenters. The van der Waals surface area contributed by atoms with Crippen LogP contribution in [0.5, 0.6) is 0 Å². The number of nitrogens with one attached hydrogen (secondary N) is 1. The zero-order valence-electron chi connectivity index (χ0n) is 9.44. The molecule has 1 aromatic carbocycles. The highest BCUT2D eigenvalue weighted by Gasteiger charge is 2.29. The first-order chi connectivity index (χ1) is 8.40. The van der Waals surface area contributed by atoms with Gasteiger partial charge in [0.25, 0.3) is 0 Å². The van der Waals surface area contributed by atoms with E-state index in [1.807, 2.05) is 0 Å². The van der Waals surface area contributed by atoms with E-state index in [0.717, 1.165) is 6.42 Å². The monoisotopic (exact) mass is 353 g/mol. The summed E-state index contributed by atoms with van der Waals surface area (Å²) in [5.41, 5.74) is 0. The summed E-state index contributed by atoms with van der Waals surface area (Å²) in [4.78, 5) is 0.106. The van der Waals surface area contributed by atoms with E-state index < -0.39 is 22.2 Å². The number of benzene rings is 1. The van der Waals surface area contributed by atoms with E-state index in [-0.39, 0.29) is 4.90 Å². The lowest BCUT2D eigenvalue weighted by Gasteiger charge is -2.16. The summed E-state index contributed by atoms with van der Waals surface area (Å²) in [7, 11) is -3.63. The normalized spacial score (nSPS) is 24.4. The van der Waals surface area contributed by atoms with Crippen LogP contribution in [0.15, 0.2) is 27.6 Å². The molecule has 1 saturated carbocycles. The second kappa shape index (κ2) is 5.46. The predicted molar refractivity (Wildman–Crippen MR) is 73.1 cm³/mol. The maximum Gasteiger partial charge on any atom is 0.240 e. The van der Waals surface area contributed by atoms with Gasteiger partial charge >= 0.3 is 0 Å². The maximum absolute atomic E-state index is 12.1. The van der Waals surface area contributed by atoms with Crippen LogP contribution in [-0.4, -0.2) is 25.7 Å². The summed E-state index contributed by atoms with van der Waals surface area (Å²) >= 11 is 9.08.